The van der Waals surface area contributed by atoms with Gasteiger partial charge in [0.2, 0.25) is 11.0 Å². The number of anilines is 2. The minimum atomic E-state index is -1.25. The number of amides is 3. The normalized spacial score (nSPS) is 15.1. The van der Waals surface area contributed by atoms with Crippen LogP contribution in [0.2, 0.25) is 0 Å². The number of carbonyl (C=O) groups is 3. The Morgan fingerprint density at radius 1 is 1.03 bits per heavy atom. The van der Waals surface area contributed by atoms with Gasteiger partial charge >= 0.3 is 0 Å². The highest BCUT2D eigenvalue weighted by Crippen LogP contribution is 2.28. The van der Waals surface area contributed by atoms with Crippen LogP contribution in [0, 0.1) is 11.6 Å². The van der Waals surface area contributed by atoms with Crippen molar-refractivity contribution >= 4 is 46.4 Å². The molecule has 0 aromatic heterocycles. The van der Waals surface area contributed by atoms with Crippen molar-refractivity contribution < 1.29 is 27.9 Å². The molecule has 4 rings (SSSR count). The average molecular weight is 511 g/mol. The molecule has 184 valence electrons. The van der Waals surface area contributed by atoms with E-state index in [1.54, 1.807) is 30.3 Å². The number of carbonyl (C=O) groups excluding carboxylic acids is 3. The maximum Gasteiger partial charge on any atom is 0.269 e. The maximum atomic E-state index is 14.0. The van der Waals surface area contributed by atoms with Crippen LogP contribution in [0.4, 0.5) is 20.2 Å². The predicted molar refractivity (Wildman–Crippen MR) is 132 cm³/mol. The molecule has 36 heavy (non-hydrogen) atoms. The highest BCUT2D eigenvalue weighted by molar-refractivity contribution is 7.80. The minimum Gasteiger partial charge on any atom is -0.497 e. The summed E-state index contributed by atoms with van der Waals surface area (Å²) < 4.78 is 32.8. The third-order valence-corrected chi connectivity index (χ3v) is 5.76. The Hall–Kier alpha value is -4.38. The first kappa shape index (κ1) is 24.7. The lowest BCUT2D eigenvalue weighted by atomic mass is 10.1. The second kappa shape index (κ2) is 10.5. The summed E-state index contributed by atoms with van der Waals surface area (Å²) in [4.78, 5) is 40.1. The van der Waals surface area contributed by atoms with Crippen LogP contribution >= 0.6 is 12.2 Å². The lowest BCUT2D eigenvalue weighted by Gasteiger charge is -2.24. The second-order valence-electron chi connectivity index (χ2n) is 7.72. The first-order valence-electron chi connectivity index (χ1n) is 10.7. The van der Waals surface area contributed by atoms with Gasteiger partial charge in [-0.2, -0.15) is 0 Å². The van der Waals surface area contributed by atoms with Crippen molar-refractivity contribution in [3.05, 3.63) is 90.0 Å². The summed E-state index contributed by atoms with van der Waals surface area (Å²) in [5.41, 5.74) is 2.81. The molecule has 8 nitrogen and oxygen atoms in total. The maximum absolute atomic E-state index is 14.0. The van der Waals surface area contributed by atoms with Gasteiger partial charge in [-0.05, 0) is 66.8 Å². The van der Waals surface area contributed by atoms with E-state index in [1.807, 2.05) is 0 Å². The highest BCUT2D eigenvalue weighted by Gasteiger charge is 2.45. The smallest absolute Gasteiger partial charge is 0.269 e. The Kier molecular flexibility index (Phi) is 7.20. The van der Waals surface area contributed by atoms with Gasteiger partial charge in [0, 0.05) is 5.56 Å². The molecule has 2 N–H and O–H groups in total. The third kappa shape index (κ3) is 5.15. The van der Waals surface area contributed by atoms with Gasteiger partial charge in [0.1, 0.15) is 23.4 Å². The second-order valence-corrected chi connectivity index (χ2v) is 8.09. The van der Waals surface area contributed by atoms with Gasteiger partial charge in [-0.3, -0.25) is 24.7 Å². The zero-order chi connectivity index (χ0) is 25.8. The molecule has 1 saturated heterocycles. The number of nitrogens with one attached hydrogen (secondary N) is 2. The summed E-state index contributed by atoms with van der Waals surface area (Å²) in [7, 11) is 1.49. The van der Waals surface area contributed by atoms with E-state index in [0.29, 0.717) is 11.4 Å². The summed E-state index contributed by atoms with van der Waals surface area (Å²) in [5, 5.41) is 3.40. The molecule has 1 aliphatic rings. The molecule has 3 aromatic rings. The average Bonchev–Trinajstić information content (AvgIpc) is 3.09. The minimum absolute atomic E-state index is 0.0114. The Bertz CT molecular complexity index is 1340. The Balaban J connectivity index is 1.62. The van der Waals surface area contributed by atoms with Gasteiger partial charge in [0.15, 0.2) is 0 Å². The van der Waals surface area contributed by atoms with E-state index in [1.165, 1.54) is 48.4 Å². The van der Waals surface area contributed by atoms with Crippen molar-refractivity contribution in [2.75, 3.05) is 17.3 Å². The number of methoxy groups -OCH3 is 1. The predicted octanol–water partition coefficient (Wildman–Crippen LogP) is 3.65. The van der Waals surface area contributed by atoms with E-state index in [9.17, 15) is 23.2 Å². The zero-order valence-corrected chi connectivity index (χ0v) is 19.7. The molecule has 0 spiro atoms. The van der Waals surface area contributed by atoms with E-state index < -0.39 is 41.8 Å². The Morgan fingerprint density at radius 2 is 1.75 bits per heavy atom. The zero-order valence-electron chi connectivity index (χ0n) is 18.9. The monoisotopic (exact) mass is 510 g/mol. The van der Waals surface area contributed by atoms with Gasteiger partial charge < -0.3 is 10.1 Å². The molecule has 3 aromatic carbocycles. The van der Waals surface area contributed by atoms with Crippen molar-refractivity contribution in [1.82, 2.24) is 10.4 Å². The van der Waals surface area contributed by atoms with Crippen LogP contribution in [0.25, 0.3) is 0 Å². The fourth-order valence-electron chi connectivity index (χ4n) is 3.61. The first-order valence-corrected chi connectivity index (χ1v) is 11.1. The lowest BCUT2D eigenvalue weighted by Crippen LogP contribution is -2.49. The molecule has 1 aliphatic heterocycles. The Labute approximate surface area is 210 Å². The van der Waals surface area contributed by atoms with Crippen LogP contribution in [0.3, 0.4) is 0 Å². The number of thiocarbonyl (C=S) groups is 1. The van der Waals surface area contributed by atoms with Crippen molar-refractivity contribution in [1.29, 1.82) is 0 Å². The number of nitrogens with zero attached hydrogens (tertiary/aromatic N) is 2. The molecule has 1 atom stereocenters. The number of benzene rings is 3. The largest absolute Gasteiger partial charge is 0.497 e. The van der Waals surface area contributed by atoms with Crippen LogP contribution in [-0.4, -0.2) is 41.0 Å². The summed E-state index contributed by atoms with van der Waals surface area (Å²) in [6.45, 7) is 0. The Morgan fingerprint density at radius 3 is 2.42 bits per heavy atom. The molecule has 0 radical (unpaired) electrons. The quantitative estimate of drug-likeness (QED) is 0.472. The number of ether oxygens (including phenoxy) is 1. The molecule has 1 fully saturated rings. The topological polar surface area (TPSA) is 91.0 Å². The first-order chi connectivity index (χ1) is 17.3. The van der Waals surface area contributed by atoms with E-state index >= 15 is 0 Å². The van der Waals surface area contributed by atoms with Gasteiger partial charge in [-0.25, -0.2) is 13.8 Å². The summed E-state index contributed by atoms with van der Waals surface area (Å²) in [6.07, 6.45) is -0.455. The van der Waals surface area contributed by atoms with Gasteiger partial charge in [0.25, 0.3) is 11.8 Å². The van der Waals surface area contributed by atoms with Gasteiger partial charge in [-0.15, -0.1) is 0 Å². The van der Waals surface area contributed by atoms with Crippen LogP contribution in [0.15, 0.2) is 72.8 Å². The molecule has 0 aliphatic carbocycles. The van der Waals surface area contributed by atoms with Crippen LogP contribution in [0.1, 0.15) is 16.8 Å². The molecule has 11 heteroatoms. The van der Waals surface area contributed by atoms with E-state index in [4.69, 9.17) is 17.0 Å². The van der Waals surface area contributed by atoms with Crippen molar-refractivity contribution in [3.63, 3.8) is 0 Å². The number of hydrogen-bond donors (Lipinski definition) is 2. The third-order valence-electron chi connectivity index (χ3n) is 5.38. The van der Waals surface area contributed by atoms with E-state index in [0.717, 1.165) is 11.1 Å². The van der Waals surface area contributed by atoms with E-state index in [-0.39, 0.29) is 16.4 Å². The molecule has 0 bridgehead atoms. The van der Waals surface area contributed by atoms with Crippen molar-refractivity contribution in [2.24, 2.45) is 0 Å². The lowest BCUT2D eigenvalue weighted by molar-refractivity contribution is -0.124. The number of halogens is 2. The summed E-state index contributed by atoms with van der Waals surface area (Å²) in [5.74, 6) is -2.72. The molecular formula is C25H20F2N4O4S. The molecule has 1 unspecified atom stereocenters. The van der Waals surface area contributed by atoms with Crippen LogP contribution in [-0.2, 0) is 9.59 Å². The van der Waals surface area contributed by atoms with Gasteiger partial charge in [0.05, 0.1) is 24.9 Å². The fourth-order valence-corrected chi connectivity index (χ4v) is 3.98. The number of hydrogen-bond acceptors (Lipinski definition) is 5. The molecule has 1 heterocycles. The molecular weight excluding hydrogens is 490 g/mol. The SMILES string of the molecule is COc1ccc(N2C(=O)C(CC(=O)Nc3ccccc3F)N(NC(=O)c3cccc(F)c3)C2=S)cc1. The number of rotatable bonds is 7. The molecule has 0 saturated carbocycles. The van der Waals surface area contributed by atoms with Crippen molar-refractivity contribution in [2.45, 2.75) is 12.5 Å². The molecule has 3 amide bonds. The standard InChI is InChI=1S/C25H20F2N4O4S/c1-35-18-11-9-17(10-12-18)30-24(34)21(14-22(32)28-20-8-3-2-7-19(20)27)31(25(30)36)29-23(33)15-5-4-6-16(26)13-15/h2-13,21H,14H2,1H3,(H,28,32)(H,29,33). The van der Waals surface area contributed by atoms with Crippen LogP contribution < -0.4 is 20.4 Å². The van der Waals surface area contributed by atoms with Gasteiger partial charge in [-0.1, -0.05) is 18.2 Å². The fraction of sp³-hybridized carbons (Fsp3) is 0.120. The van der Waals surface area contributed by atoms with Crippen LogP contribution in [0.5, 0.6) is 5.75 Å². The number of para-hydroxylation sites is 1. The highest BCUT2D eigenvalue weighted by atomic mass is 32.1. The van der Waals surface area contributed by atoms with Crippen molar-refractivity contribution in [3.8, 4) is 5.75 Å². The summed E-state index contributed by atoms with van der Waals surface area (Å²) in [6, 6.07) is 15.7. The summed E-state index contributed by atoms with van der Waals surface area (Å²) >= 11 is 5.48. The van der Waals surface area contributed by atoms with E-state index in [2.05, 4.69) is 10.7 Å². The number of hydrazine groups is 1.